The van der Waals surface area contributed by atoms with Gasteiger partial charge in [0.15, 0.2) is 0 Å². The van der Waals surface area contributed by atoms with E-state index in [1.807, 2.05) is 37.3 Å². The van der Waals surface area contributed by atoms with Gasteiger partial charge in [-0.2, -0.15) is 0 Å². The molecule has 0 unspecified atom stereocenters. The maximum atomic E-state index is 12.3. The molecule has 1 saturated carbocycles. The van der Waals surface area contributed by atoms with E-state index in [0.717, 1.165) is 47.2 Å². The maximum Gasteiger partial charge on any atom is 0.409 e. The molecule has 8 nitrogen and oxygen atoms in total. The molecule has 3 aromatic rings. The van der Waals surface area contributed by atoms with Crippen molar-refractivity contribution in [2.45, 2.75) is 63.6 Å². The van der Waals surface area contributed by atoms with Crippen molar-refractivity contribution >= 4 is 23.1 Å². The minimum absolute atomic E-state index is 0.106. The molecule has 1 amide bonds. The molecule has 2 N–H and O–H groups in total. The Labute approximate surface area is 210 Å². The second-order valence-corrected chi connectivity index (χ2v) is 10.0. The molecule has 0 spiro atoms. The molecular weight excluding hydrogens is 458 g/mol. The van der Waals surface area contributed by atoms with Crippen molar-refractivity contribution in [1.29, 1.82) is 0 Å². The van der Waals surface area contributed by atoms with Gasteiger partial charge in [-0.1, -0.05) is 36.4 Å². The van der Waals surface area contributed by atoms with Crippen LogP contribution in [0.3, 0.4) is 0 Å². The molecule has 2 aliphatic rings. The number of aromatic nitrogens is 2. The summed E-state index contributed by atoms with van der Waals surface area (Å²) in [7, 11) is 1.39. The highest BCUT2D eigenvalue weighted by atomic mass is 16.5. The topological polar surface area (TPSA) is 105 Å². The number of imidazole rings is 1. The van der Waals surface area contributed by atoms with Crippen LogP contribution < -0.4 is 0 Å². The standard InChI is InChI=1S/C28H33N3O5/c1-17(25(32)19-6-4-3-5-7-19)31-23-13-12-18-14-15-30(28(35)36-2)16-22(18)24(23)29-26(31)20-8-10-21(11-9-20)27(33)34/h3-7,12-13,17,20-21,25,32H,8-11,14-16H2,1-2H3,(H,33,34)/t17-,20?,21?,25-/m0/s1. The lowest BCUT2D eigenvalue weighted by Crippen LogP contribution is -2.35. The van der Waals surface area contributed by atoms with Gasteiger partial charge in [-0.15, -0.1) is 0 Å². The van der Waals surface area contributed by atoms with Gasteiger partial charge >= 0.3 is 12.1 Å². The minimum atomic E-state index is -0.736. The van der Waals surface area contributed by atoms with Crippen molar-refractivity contribution in [3.8, 4) is 0 Å². The van der Waals surface area contributed by atoms with Gasteiger partial charge in [0.05, 0.1) is 42.8 Å². The summed E-state index contributed by atoms with van der Waals surface area (Å²) in [4.78, 5) is 30.7. The lowest BCUT2D eigenvalue weighted by Gasteiger charge is -2.30. The van der Waals surface area contributed by atoms with Crippen molar-refractivity contribution in [3.63, 3.8) is 0 Å². The zero-order valence-electron chi connectivity index (χ0n) is 20.8. The van der Waals surface area contributed by atoms with Crippen LogP contribution in [0.1, 0.15) is 73.2 Å². The molecule has 2 atom stereocenters. The number of ether oxygens (including phenoxy) is 1. The van der Waals surface area contributed by atoms with E-state index in [0.29, 0.717) is 25.9 Å². The number of carbonyl (C=O) groups is 2. The Hall–Kier alpha value is -3.39. The summed E-state index contributed by atoms with van der Waals surface area (Å²) < 4.78 is 7.12. The molecule has 1 aromatic heterocycles. The van der Waals surface area contributed by atoms with Crippen LogP contribution in [0, 0.1) is 5.92 Å². The third-order valence-corrected chi connectivity index (χ3v) is 7.97. The number of nitrogens with zero attached hydrogens (tertiary/aromatic N) is 3. The molecule has 8 heteroatoms. The molecule has 0 bridgehead atoms. The summed E-state index contributed by atoms with van der Waals surface area (Å²) in [6.07, 6.45) is 2.36. The largest absolute Gasteiger partial charge is 0.481 e. The molecule has 2 aromatic carbocycles. The molecule has 0 radical (unpaired) electrons. The summed E-state index contributed by atoms with van der Waals surface area (Å²) in [6, 6.07) is 13.5. The van der Waals surface area contributed by atoms with Gasteiger partial charge in [0.2, 0.25) is 0 Å². The zero-order chi connectivity index (χ0) is 25.4. The van der Waals surface area contributed by atoms with E-state index in [4.69, 9.17) is 9.72 Å². The Bertz CT molecular complexity index is 1260. The first-order valence-corrected chi connectivity index (χ1v) is 12.7. The first-order valence-electron chi connectivity index (χ1n) is 12.7. The number of aliphatic hydroxyl groups is 1. The van der Waals surface area contributed by atoms with Crippen molar-refractivity contribution in [1.82, 2.24) is 14.5 Å². The number of amides is 1. The third-order valence-electron chi connectivity index (χ3n) is 7.97. The Morgan fingerprint density at radius 1 is 1.08 bits per heavy atom. The molecule has 0 saturated heterocycles. The fourth-order valence-electron chi connectivity index (χ4n) is 5.88. The van der Waals surface area contributed by atoms with Gasteiger partial charge in [-0.05, 0) is 56.2 Å². The summed E-state index contributed by atoms with van der Waals surface area (Å²) in [5.74, 6) is -0.0473. The van der Waals surface area contributed by atoms with Crippen molar-refractivity contribution in [2.24, 2.45) is 5.92 Å². The Morgan fingerprint density at radius 2 is 1.81 bits per heavy atom. The molecule has 1 fully saturated rings. The number of carboxylic acid groups (broad SMARTS) is 1. The van der Waals surface area contributed by atoms with E-state index in [1.54, 1.807) is 4.90 Å². The lowest BCUT2D eigenvalue weighted by atomic mass is 9.81. The number of aliphatic carboxylic acids is 1. The Balaban J connectivity index is 1.60. The predicted octanol–water partition coefficient (Wildman–Crippen LogP) is 4.81. The smallest absolute Gasteiger partial charge is 0.409 e. The van der Waals surface area contributed by atoms with Crippen molar-refractivity contribution in [2.75, 3.05) is 13.7 Å². The molecule has 5 rings (SSSR count). The van der Waals surface area contributed by atoms with Gasteiger partial charge in [0, 0.05) is 18.0 Å². The van der Waals surface area contributed by atoms with Gasteiger partial charge in [0.1, 0.15) is 5.82 Å². The van der Waals surface area contributed by atoms with E-state index in [2.05, 4.69) is 16.7 Å². The van der Waals surface area contributed by atoms with Gasteiger partial charge < -0.3 is 24.4 Å². The number of carbonyl (C=O) groups excluding carboxylic acids is 1. The number of methoxy groups -OCH3 is 1. The number of hydrogen-bond donors (Lipinski definition) is 2. The van der Waals surface area contributed by atoms with Gasteiger partial charge in [0.25, 0.3) is 0 Å². The normalized spacial score (nSPS) is 21.6. The second kappa shape index (κ2) is 9.93. The molecule has 36 heavy (non-hydrogen) atoms. The summed E-state index contributed by atoms with van der Waals surface area (Å²) >= 11 is 0. The lowest BCUT2D eigenvalue weighted by molar-refractivity contribution is -0.142. The third kappa shape index (κ3) is 4.34. The molecule has 1 aliphatic heterocycles. The van der Waals surface area contributed by atoms with Gasteiger partial charge in [-0.25, -0.2) is 9.78 Å². The van der Waals surface area contributed by atoms with E-state index in [9.17, 15) is 19.8 Å². The molecular formula is C28H33N3O5. The fourth-order valence-corrected chi connectivity index (χ4v) is 5.88. The summed E-state index contributed by atoms with van der Waals surface area (Å²) in [5.41, 5.74) is 4.80. The van der Waals surface area contributed by atoms with E-state index < -0.39 is 12.1 Å². The van der Waals surface area contributed by atoms with Crippen molar-refractivity contribution < 1.29 is 24.5 Å². The average Bonchev–Trinajstić information content (AvgIpc) is 3.32. The van der Waals surface area contributed by atoms with E-state index in [1.165, 1.54) is 12.7 Å². The van der Waals surface area contributed by atoms with Gasteiger partial charge in [-0.3, -0.25) is 4.79 Å². The number of fused-ring (bicyclic) bond motifs is 3. The summed E-state index contributed by atoms with van der Waals surface area (Å²) in [5, 5.41) is 20.8. The second-order valence-electron chi connectivity index (χ2n) is 10.0. The van der Waals surface area contributed by atoms with E-state index >= 15 is 0 Å². The first kappa shape index (κ1) is 24.3. The van der Waals surface area contributed by atoms with Crippen LogP contribution in [-0.4, -0.2) is 50.4 Å². The number of hydrogen-bond acceptors (Lipinski definition) is 5. The Kier molecular flexibility index (Phi) is 6.71. The average molecular weight is 492 g/mol. The van der Waals surface area contributed by atoms with Crippen LogP contribution in [0.2, 0.25) is 0 Å². The van der Waals surface area contributed by atoms with Crippen molar-refractivity contribution in [3.05, 3.63) is 65.0 Å². The van der Waals surface area contributed by atoms with E-state index in [-0.39, 0.29) is 24.0 Å². The molecule has 2 heterocycles. The number of benzene rings is 2. The van der Waals surface area contributed by atoms with Crippen LogP contribution in [0.25, 0.3) is 11.0 Å². The molecule has 1 aliphatic carbocycles. The van der Waals surface area contributed by atoms with Crippen LogP contribution in [0.5, 0.6) is 0 Å². The highest BCUT2D eigenvalue weighted by Gasteiger charge is 2.34. The first-order chi connectivity index (χ1) is 17.4. The molecule has 190 valence electrons. The minimum Gasteiger partial charge on any atom is -0.481 e. The SMILES string of the molecule is COC(=O)N1CCc2ccc3c(nc(C4CCC(C(=O)O)CC4)n3[C@@H](C)[C@H](O)c3ccccc3)c2C1. The highest BCUT2D eigenvalue weighted by molar-refractivity contribution is 5.82. The van der Waals surface area contributed by atoms with Crippen LogP contribution in [0.4, 0.5) is 4.79 Å². The monoisotopic (exact) mass is 491 g/mol. The number of rotatable bonds is 5. The zero-order valence-corrected chi connectivity index (χ0v) is 20.8. The fraction of sp³-hybridized carbons (Fsp3) is 0.464. The summed E-state index contributed by atoms with van der Waals surface area (Å²) in [6.45, 7) is 3.03. The quantitative estimate of drug-likeness (QED) is 0.531. The number of aliphatic hydroxyl groups excluding tert-OH is 1. The highest BCUT2D eigenvalue weighted by Crippen LogP contribution is 2.41. The van der Waals surface area contributed by atoms with Crippen LogP contribution >= 0.6 is 0 Å². The Morgan fingerprint density at radius 3 is 2.47 bits per heavy atom. The van der Waals surface area contributed by atoms with Crippen LogP contribution in [0.15, 0.2) is 42.5 Å². The maximum absolute atomic E-state index is 12.3. The van der Waals surface area contributed by atoms with Crippen LogP contribution in [-0.2, 0) is 22.5 Å². The number of carboxylic acids is 1. The predicted molar refractivity (Wildman–Crippen MR) is 135 cm³/mol.